The molecular formula is C21H23N3O2. The molecule has 1 aromatic heterocycles. The van der Waals surface area contributed by atoms with Crippen molar-refractivity contribution in [3.63, 3.8) is 0 Å². The molecule has 1 aliphatic heterocycles. The zero-order valence-corrected chi connectivity index (χ0v) is 14.7. The Balaban J connectivity index is 1.43. The summed E-state index contributed by atoms with van der Waals surface area (Å²) in [7, 11) is 0. The zero-order chi connectivity index (χ0) is 17.8. The van der Waals surface area contributed by atoms with Gasteiger partial charge < -0.3 is 15.1 Å². The summed E-state index contributed by atoms with van der Waals surface area (Å²) in [6, 6.07) is 17.7. The molecule has 0 aliphatic carbocycles. The molecule has 1 saturated heterocycles. The van der Waals surface area contributed by atoms with Gasteiger partial charge in [0.05, 0.1) is 18.0 Å². The molecule has 5 heteroatoms. The number of benzene rings is 2. The predicted octanol–water partition coefficient (Wildman–Crippen LogP) is 4.39. The van der Waals surface area contributed by atoms with Crippen molar-refractivity contribution in [3.05, 3.63) is 66.6 Å². The summed E-state index contributed by atoms with van der Waals surface area (Å²) in [5.41, 5.74) is 0.816. The Hall–Kier alpha value is -2.79. The smallest absolute Gasteiger partial charge is 0.319 e. The number of carbonyl (C=O) groups excluding carboxylic acids is 1. The number of furan rings is 1. The lowest BCUT2D eigenvalue weighted by atomic mass is 10.1. The van der Waals surface area contributed by atoms with Crippen LogP contribution in [0.25, 0.3) is 10.8 Å². The molecule has 1 fully saturated rings. The fourth-order valence-electron chi connectivity index (χ4n) is 3.63. The van der Waals surface area contributed by atoms with E-state index in [1.807, 2.05) is 54.6 Å². The summed E-state index contributed by atoms with van der Waals surface area (Å²) >= 11 is 0. The molecule has 2 heterocycles. The Morgan fingerprint density at radius 2 is 1.85 bits per heavy atom. The van der Waals surface area contributed by atoms with Crippen molar-refractivity contribution in [1.82, 2.24) is 10.2 Å². The molecule has 2 aromatic carbocycles. The molecule has 5 nitrogen and oxygen atoms in total. The fraction of sp³-hybridized carbons (Fsp3) is 0.286. The van der Waals surface area contributed by atoms with Crippen molar-refractivity contribution in [3.8, 4) is 0 Å². The van der Waals surface area contributed by atoms with Crippen LogP contribution in [-0.2, 0) is 0 Å². The predicted molar refractivity (Wildman–Crippen MR) is 103 cm³/mol. The molecule has 0 spiro atoms. The normalized spacial score (nSPS) is 15.8. The van der Waals surface area contributed by atoms with Gasteiger partial charge in [0.2, 0.25) is 0 Å². The van der Waals surface area contributed by atoms with Gasteiger partial charge >= 0.3 is 6.03 Å². The average Bonchev–Trinajstić information content (AvgIpc) is 3.37. The van der Waals surface area contributed by atoms with Gasteiger partial charge in [0.1, 0.15) is 5.76 Å². The van der Waals surface area contributed by atoms with Gasteiger partial charge in [0.25, 0.3) is 0 Å². The van der Waals surface area contributed by atoms with E-state index < -0.39 is 0 Å². The second kappa shape index (κ2) is 7.62. The Morgan fingerprint density at radius 3 is 2.65 bits per heavy atom. The van der Waals surface area contributed by atoms with E-state index in [1.165, 1.54) is 12.8 Å². The molecule has 0 unspecified atom stereocenters. The quantitative estimate of drug-likeness (QED) is 0.718. The number of rotatable bonds is 5. The minimum absolute atomic E-state index is 0.0748. The Labute approximate surface area is 153 Å². The Morgan fingerprint density at radius 1 is 1.04 bits per heavy atom. The summed E-state index contributed by atoms with van der Waals surface area (Å²) in [6.07, 6.45) is 4.08. The standard InChI is InChI=1S/C21H23N3O2/c25-21(23-18-10-5-8-16-7-1-2-9-17(16)18)22-15-19(20-11-6-14-26-20)24-12-3-4-13-24/h1-2,5-11,14,19H,3-4,12-13,15H2,(H2,22,23,25)/t19-/m0/s1. The number of urea groups is 1. The summed E-state index contributed by atoms with van der Waals surface area (Å²) < 4.78 is 5.60. The molecule has 0 bridgehead atoms. The van der Waals surface area contributed by atoms with Gasteiger partial charge in [0, 0.05) is 11.9 Å². The van der Waals surface area contributed by atoms with E-state index in [4.69, 9.17) is 4.42 Å². The van der Waals surface area contributed by atoms with E-state index in [-0.39, 0.29) is 12.1 Å². The van der Waals surface area contributed by atoms with E-state index in [2.05, 4.69) is 15.5 Å². The highest BCUT2D eigenvalue weighted by molar-refractivity contribution is 6.01. The summed E-state index contributed by atoms with van der Waals surface area (Å²) in [4.78, 5) is 14.8. The summed E-state index contributed by atoms with van der Waals surface area (Å²) in [5.74, 6) is 0.900. The molecule has 4 rings (SSSR count). The Kier molecular flexibility index (Phi) is 4.88. The topological polar surface area (TPSA) is 57.5 Å². The minimum atomic E-state index is -0.197. The fourth-order valence-corrected chi connectivity index (χ4v) is 3.63. The van der Waals surface area contributed by atoms with Crippen molar-refractivity contribution >= 4 is 22.5 Å². The number of fused-ring (bicyclic) bond motifs is 1. The molecule has 1 atom stereocenters. The van der Waals surface area contributed by atoms with E-state index >= 15 is 0 Å². The van der Waals surface area contributed by atoms with Crippen LogP contribution in [-0.4, -0.2) is 30.6 Å². The number of nitrogens with zero attached hydrogens (tertiary/aromatic N) is 1. The first-order valence-electron chi connectivity index (χ1n) is 9.11. The van der Waals surface area contributed by atoms with Crippen LogP contribution < -0.4 is 10.6 Å². The average molecular weight is 349 g/mol. The maximum atomic E-state index is 12.5. The number of nitrogens with one attached hydrogen (secondary N) is 2. The molecule has 2 amide bonds. The molecular weight excluding hydrogens is 326 g/mol. The number of hydrogen-bond acceptors (Lipinski definition) is 3. The van der Waals surface area contributed by atoms with Crippen LogP contribution in [0, 0.1) is 0 Å². The first-order chi connectivity index (χ1) is 12.8. The van der Waals surface area contributed by atoms with Gasteiger partial charge in [-0.2, -0.15) is 0 Å². The van der Waals surface area contributed by atoms with Gasteiger partial charge in [-0.05, 0) is 49.5 Å². The lowest BCUT2D eigenvalue weighted by Crippen LogP contribution is -2.38. The number of likely N-dealkylation sites (tertiary alicyclic amines) is 1. The van der Waals surface area contributed by atoms with Gasteiger partial charge in [-0.1, -0.05) is 36.4 Å². The number of carbonyl (C=O) groups is 1. The molecule has 0 radical (unpaired) electrons. The largest absolute Gasteiger partial charge is 0.468 e. The minimum Gasteiger partial charge on any atom is -0.468 e. The molecule has 134 valence electrons. The van der Waals surface area contributed by atoms with Crippen LogP contribution >= 0.6 is 0 Å². The van der Waals surface area contributed by atoms with Crippen LogP contribution in [0.1, 0.15) is 24.6 Å². The van der Waals surface area contributed by atoms with Crippen molar-refractivity contribution in [2.45, 2.75) is 18.9 Å². The van der Waals surface area contributed by atoms with Gasteiger partial charge in [-0.25, -0.2) is 4.79 Å². The maximum Gasteiger partial charge on any atom is 0.319 e. The first-order valence-corrected chi connectivity index (χ1v) is 9.11. The van der Waals surface area contributed by atoms with E-state index in [1.54, 1.807) is 6.26 Å². The molecule has 3 aromatic rings. The van der Waals surface area contributed by atoms with E-state index in [0.717, 1.165) is 35.3 Å². The maximum absolute atomic E-state index is 12.5. The highest BCUT2D eigenvalue weighted by Crippen LogP contribution is 2.25. The number of amides is 2. The zero-order valence-electron chi connectivity index (χ0n) is 14.7. The Bertz CT molecular complexity index is 865. The first kappa shape index (κ1) is 16.7. The van der Waals surface area contributed by atoms with Gasteiger partial charge in [0.15, 0.2) is 0 Å². The highest BCUT2D eigenvalue weighted by Gasteiger charge is 2.25. The van der Waals surface area contributed by atoms with Gasteiger partial charge in [-0.15, -0.1) is 0 Å². The van der Waals surface area contributed by atoms with Gasteiger partial charge in [-0.3, -0.25) is 4.90 Å². The number of anilines is 1. The van der Waals surface area contributed by atoms with Crippen LogP contribution in [0.5, 0.6) is 0 Å². The molecule has 1 aliphatic rings. The summed E-state index contributed by atoms with van der Waals surface area (Å²) in [5, 5.41) is 8.13. The van der Waals surface area contributed by atoms with E-state index in [9.17, 15) is 4.79 Å². The van der Waals surface area contributed by atoms with E-state index in [0.29, 0.717) is 6.54 Å². The van der Waals surface area contributed by atoms with Crippen molar-refractivity contribution in [1.29, 1.82) is 0 Å². The molecule has 0 saturated carbocycles. The number of hydrogen-bond donors (Lipinski definition) is 2. The van der Waals surface area contributed by atoms with Crippen LogP contribution in [0.4, 0.5) is 10.5 Å². The SMILES string of the molecule is O=C(NC[C@@H](c1ccco1)N1CCCC1)Nc1cccc2ccccc12. The lowest BCUT2D eigenvalue weighted by molar-refractivity contribution is 0.207. The second-order valence-corrected chi connectivity index (χ2v) is 6.64. The third-order valence-corrected chi connectivity index (χ3v) is 4.95. The molecule has 26 heavy (non-hydrogen) atoms. The molecule has 2 N–H and O–H groups in total. The van der Waals surface area contributed by atoms with Crippen molar-refractivity contribution in [2.24, 2.45) is 0 Å². The third kappa shape index (κ3) is 3.58. The van der Waals surface area contributed by atoms with Crippen LogP contribution in [0.15, 0.2) is 65.3 Å². The van der Waals surface area contributed by atoms with Crippen LogP contribution in [0.2, 0.25) is 0 Å². The monoisotopic (exact) mass is 349 g/mol. The second-order valence-electron chi connectivity index (χ2n) is 6.64. The lowest BCUT2D eigenvalue weighted by Gasteiger charge is -2.26. The highest BCUT2D eigenvalue weighted by atomic mass is 16.3. The van der Waals surface area contributed by atoms with Crippen molar-refractivity contribution < 1.29 is 9.21 Å². The third-order valence-electron chi connectivity index (χ3n) is 4.95. The summed E-state index contributed by atoms with van der Waals surface area (Å²) in [6.45, 7) is 2.60. The van der Waals surface area contributed by atoms with Crippen molar-refractivity contribution in [2.75, 3.05) is 25.0 Å². The van der Waals surface area contributed by atoms with Crippen LogP contribution in [0.3, 0.4) is 0 Å².